The molecule has 0 amide bonds. The summed E-state index contributed by atoms with van der Waals surface area (Å²) in [7, 11) is 0. The fourth-order valence-corrected chi connectivity index (χ4v) is 2.92. The summed E-state index contributed by atoms with van der Waals surface area (Å²) in [6.45, 7) is 5.58. The van der Waals surface area contributed by atoms with E-state index in [4.69, 9.17) is 0 Å². The third-order valence-corrected chi connectivity index (χ3v) is 3.83. The van der Waals surface area contributed by atoms with Gasteiger partial charge in [0.2, 0.25) is 0 Å². The largest absolute Gasteiger partial charge is 0.322 e. The number of fused-ring (bicyclic) bond motifs is 1. The first-order valence-electron chi connectivity index (χ1n) is 5.75. The van der Waals surface area contributed by atoms with Crippen molar-refractivity contribution < 1.29 is 0 Å². The Bertz CT molecular complexity index is 634. The van der Waals surface area contributed by atoms with Gasteiger partial charge in [-0.05, 0) is 25.4 Å². The number of nitriles is 1. The average molecular weight is 260 g/mol. The quantitative estimate of drug-likeness (QED) is 0.834. The minimum Gasteiger partial charge on any atom is -0.322 e. The average Bonchev–Trinajstić information content (AvgIpc) is 2.93. The molecule has 18 heavy (non-hydrogen) atoms. The molecule has 0 aliphatic carbocycles. The molecule has 1 aliphatic rings. The Balaban J connectivity index is 2.20. The normalized spacial score (nSPS) is 18.4. The molecule has 0 radical (unpaired) electrons. The number of rotatable bonds is 1. The molecule has 7 heteroatoms. The smallest absolute Gasteiger partial charge is 0.179 e. The topological polar surface area (TPSA) is 79.4 Å². The van der Waals surface area contributed by atoms with Crippen molar-refractivity contribution in [3.63, 3.8) is 0 Å². The molecule has 1 aliphatic heterocycles. The lowest BCUT2D eigenvalue weighted by Gasteiger charge is -2.23. The maximum atomic E-state index is 9.19. The van der Waals surface area contributed by atoms with Gasteiger partial charge in [0.1, 0.15) is 11.9 Å². The maximum absolute atomic E-state index is 9.19. The van der Waals surface area contributed by atoms with Gasteiger partial charge in [-0.2, -0.15) is 9.64 Å². The van der Waals surface area contributed by atoms with Crippen LogP contribution >= 0.6 is 11.5 Å². The van der Waals surface area contributed by atoms with E-state index in [9.17, 15) is 5.26 Å². The van der Waals surface area contributed by atoms with Gasteiger partial charge in [0.25, 0.3) is 0 Å². The minimum atomic E-state index is 0.142. The highest BCUT2D eigenvalue weighted by Crippen LogP contribution is 2.29. The highest BCUT2D eigenvalue weighted by Gasteiger charge is 2.26. The molecule has 1 unspecified atom stereocenters. The minimum absolute atomic E-state index is 0.142. The summed E-state index contributed by atoms with van der Waals surface area (Å²) in [6, 6.07) is 2.31. The van der Waals surface area contributed by atoms with Crippen molar-refractivity contribution in [2.24, 2.45) is 0 Å². The first kappa shape index (κ1) is 11.3. The Morgan fingerprint density at radius 2 is 2.33 bits per heavy atom. The van der Waals surface area contributed by atoms with E-state index in [0.29, 0.717) is 5.69 Å². The molecule has 0 bridgehead atoms. The number of hydrogen-bond donors (Lipinski definition) is 1. The standard InChI is InChI=1S/C11H12N6S/c1-6-9-8(5-12)15-10(17(9)4-3-13-6)11-14-7(2)16-18-11/h6,13H,3-4H2,1-2H3. The Morgan fingerprint density at radius 1 is 1.50 bits per heavy atom. The van der Waals surface area contributed by atoms with Crippen LogP contribution in [-0.4, -0.2) is 25.5 Å². The van der Waals surface area contributed by atoms with Crippen molar-refractivity contribution in [2.75, 3.05) is 6.54 Å². The van der Waals surface area contributed by atoms with Gasteiger partial charge in [-0.25, -0.2) is 9.97 Å². The summed E-state index contributed by atoms with van der Waals surface area (Å²) in [4.78, 5) is 8.77. The van der Waals surface area contributed by atoms with Crippen LogP contribution in [0.5, 0.6) is 0 Å². The fraction of sp³-hybridized carbons (Fsp3) is 0.455. The van der Waals surface area contributed by atoms with Crippen LogP contribution < -0.4 is 5.32 Å². The monoisotopic (exact) mass is 260 g/mol. The van der Waals surface area contributed by atoms with E-state index >= 15 is 0 Å². The van der Waals surface area contributed by atoms with Crippen molar-refractivity contribution in [2.45, 2.75) is 26.4 Å². The molecule has 6 nitrogen and oxygen atoms in total. The van der Waals surface area contributed by atoms with Crippen molar-refractivity contribution in [1.29, 1.82) is 5.26 Å². The van der Waals surface area contributed by atoms with Gasteiger partial charge in [-0.3, -0.25) is 0 Å². The molecule has 0 saturated heterocycles. The summed E-state index contributed by atoms with van der Waals surface area (Å²) in [6.07, 6.45) is 0. The van der Waals surface area contributed by atoms with E-state index in [1.54, 1.807) is 0 Å². The fourth-order valence-electron chi connectivity index (χ4n) is 2.25. The number of aryl methyl sites for hydroxylation is 1. The molecule has 1 atom stereocenters. The molecule has 3 heterocycles. The second-order valence-corrected chi connectivity index (χ2v) is 5.01. The van der Waals surface area contributed by atoms with Crippen LogP contribution in [0.4, 0.5) is 0 Å². The molecule has 0 fully saturated rings. The maximum Gasteiger partial charge on any atom is 0.179 e. The molecule has 3 rings (SSSR count). The van der Waals surface area contributed by atoms with Crippen molar-refractivity contribution in [3.8, 4) is 16.9 Å². The predicted molar refractivity (Wildman–Crippen MR) is 67.0 cm³/mol. The Morgan fingerprint density at radius 3 is 3.00 bits per heavy atom. The molecule has 0 spiro atoms. The number of nitrogens with zero attached hydrogens (tertiary/aromatic N) is 5. The van der Waals surface area contributed by atoms with Gasteiger partial charge in [-0.1, -0.05) is 0 Å². The van der Waals surface area contributed by atoms with Crippen LogP contribution in [0.1, 0.15) is 30.2 Å². The Labute approximate surface area is 108 Å². The van der Waals surface area contributed by atoms with E-state index in [-0.39, 0.29) is 6.04 Å². The second-order valence-electron chi connectivity index (χ2n) is 4.26. The Kier molecular flexibility index (Phi) is 2.61. The van der Waals surface area contributed by atoms with Crippen LogP contribution in [0.15, 0.2) is 0 Å². The van der Waals surface area contributed by atoms with E-state index < -0.39 is 0 Å². The predicted octanol–water partition coefficient (Wildman–Crippen LogP) is 1.25. The van der Waals surface area contributed by atoms with Crippen LogP contribution in [0.2, 0.25) is 0 Å². The van der Waals surface area contributed by atoms with Gasteiger partial charge < -0.3 is 9.88 Å². The van der Waals surface area contributed by atoms with E-state index in [1.165, 1.54) is 11.5 Å². The zero-order valence-electron chi connectivity index (χ0n) is 10.1. The summed E-state index contributed by atoms with van der Waals surface area (Å²) in [5.41, 5.74) is 1.43. The van der Waals surface area contributed by atoms with Crippen molar-refractivity contribution in [1.82, 2.24) is 24.2 Å². The first-order valence-corrected chi connectivity index (χ1v) is 6.52. The third-order valence-electron chi connectivity index (χ3n) is 3.03. The zero-order chi connectivity index (χ0) is 12.7. The van der Waals surface area contributed by atoms with Gasteiger partial charge in [0.15, 0.2) is 16.5 Å². The zero-order valence-corrected chi connectivity index (χ0v) is 11.0. The van der Waals surface area contributed by atoms with Gasteiger partial charge in [0.05, 0.1) is 5.69 Å². The lowest BCUT2D eigenvalue weighted by Crippen LogP contribution is -2.32. The van der Waals surface area contributed by atoms with E-state index in [1.807, 2.05) is 13.8 Å². The molecular formula is C11H12N6S. The van der Waals surface area contributed by atoms with Gasteiger partial charge in [0, 0.05) is 19.1 Å². The molecular weight excluding hydrogens is 248 g/mol. The summed E-state index contributed by atoms with van der Waals surface area (Å²) < 4.78 is 6.26. The first-order chi connectivity index (χ1) is 8.70. The Hall–Kier alpha value is -1.78. The SMILES string of the molecule is Cc1nsc(-c2nc(C#N)c3n2CCNC3C)n1. The van der Waals surface area contributed by atoms with Crippen LogP contribution in [-0.2, 0) is 6.54 Å². The summed E-state index contributed by atoms with van der Waals surface area (Å²) in [5.74, 6) is 1.51. The number of nitrogens with one attached hydrogen (secondary N) is 1. The van der Waals surface area contributed by atoms with Gasteiger partial charge >= 0.3 is 0 Å². The van der Waals surface area contributed by atoms with E-state index in [2.05, 4.69) is 30.3 Å². The van der Waals surface area contributed by atoms with Crippen LogP contribution in [0.3, 0.4) is 0 Å². The summed E-state index contributed by atoms with van der Waals surface area (Å²) in [5, 5.41) is 13.3. The van der Waals surface area contributed by atoms with Crippen LogP contribution in [0.25, 0.3) is 10.8 Å². The number of hydrogen-bond acceptors (Lipinski definition) is 6. The molecule has 2 aromatic rings. The lowest BCUT2D eigenvalue weighted by molar-refractivity contribution is 0.450. The lowest BCUT2D eigenvalue weighted by atomic mass is 10.1. The van der Waals surface area contributed by atoms with Crippen molar-refractivity contribution in [3.05, 3.63) is 17.2 Å². The molecule has 2 aromatic heterocycles. The number of imidazole rings is 1. The molecule has 92 valence electrons. The highest BCUT2D eigenvalue weighted by molar-refractivity contribution is 7.09. The second kappa shape index (κ2) is 4.15. The highest BCUT2D eigenvalue weighted by atomic mass is 32.1. The van der Waals surface area contributed by atoms with Crippen LogP contribution in [0, 0.1) is 18.3 Å². The van der Waals surface area contributed by atoms with Gasteiger partial charge in [-0.15, -0.1) is 0 Å². The molecule has 1 N–H and O–H groups in total. The molecule has 0 saturated carbocycles. The molecule has 0 aromatic carbocycles. The third kappa shape index (κ3) is 1.62. The number of aromatic nitrogens is 4. The van der Waals surface area contributed by atoms with Crippen molar-refractivity contribution >= 4 is 11.5 Å². The van der Waals surface area contributed by atoms with E-state index in [0.717, 1.165) is 35.4 Å². The summed E-state index contributed by atoms with van der Waals surface area (Å²) >= 11 is 1.33.